The predicted molar refractivity (Wildman–Crippen MR) is 60.5 cm³/mol. The van der Waals surface area contributed by atoms with Crippen LogP contribution < -0.4 is 0 Å². The van der Waals surface area contributed by atoms with Gasteiger partial charge in [0.25, 0.3) is 0 Å². The molecule has 0 aliphatic rings. The summed E-state index contributed by atoms with van der Waals surface area (Å²) >= 11 is 9.96. The Morgan fingerprint density at radius 3 is 1.31 bits per heavy atom. The number of halogens is 2. The maximum absolute atomic E-state index is 7.88. The SMILES string of the molecule is CCCCCC.CO.OCC(Cl)Cl. The van der Waals surface area contributed by atoms with Gasteiger partial charge in [-0.2, -0.15) is 0 Å². The van der Waals surface area contributed by atoms with Gasteiger partial charge in [-0.3, -0.25) is 0 Å². The van der Waals surface area contributed by atoms with E-state index >= 15 is 0 Å². The highest BCUT2D eigenvalue weighted by molar-refractivity contribution is 6.44. The fourth-order valence-corrected chi connectivity index (χ4v) is 0.500. The Kier molecular flexibility index (Phi) is 33.7. The highest BCUT2D eigenvalue weighted by atomic mass is 35.5. The molecule has 0 aromatic heterocycles. The predicted octanol–water partition coefficient (Wildman–Crippen LogP) is 2.98. The van der Waals surface area contributed by atoms with Gasteiger partial charge in [-0.1, -0.05) is 39.5 Å². The van der Waals surface area contributed by atoms with E-state index in [0.29, 0.717) is 0 Å². The standard InChI is InChI=1S/C6H14.C2H4Cl2O.CH4O/c1-3-5-6-4-2;3-2(4)1-5;1-2/h3-6H2,1-2H3;2,5H,1H2;2H,1H3. The fourth-order valence-electron chi connectivity index (χ4n) is 0.500. The number of hydrogen-bond donors (Lipinski definition) is 2. The molecule has 0 atom stereocenters. The van der Waals surface area contributed by atoms with Crippen molar-refractivity contribution in [3.05, 3.63) is 0 Å². The molecular formula is C9H22Cl2O2. The van der Waals surface area contributed by atoms with Gasteiger partial charge in [-0.25, -0.2) is 0 Å². The summed E-state index contributed by atoms with van der Waals surface area (Å²) in [5.41, 5.74) is 0. The van der Waals surface area contributed by atoms with Gasteiger partial charge < -0.3 is 10.2 Å². The van der Waals surface area contributed by atoms with E-state index in [-0.39, 0.29) is 6.61 Å². The van der Waals surface area contributed by atoms with Gasteiger partial charge in [0, 0.05) is 7.11 Å². The lowest BCUT2D eigenvalue weighted by atomic mass is 10.2. The molecule has 0 heterocycles. The van der Waals surface area contributed by atoms with Crippen LogP contribution in [0.1, 0.15) is 39.5 Å². The Morgan fingerprint density at radius 2 is 1.23 bits per heavy atom. The molecule has 0 aliphatic heterocycles. The second-order valence-corrected chi connectivity index (χ2v) is 3.56. The van der Waals surface area contributed by atoms with Gasteiger partial charge >= 0.3 is 0 Å². The lowest BCUT2D eigenvalue weighted by Crippen LogP contribution is -1.90. The Balaban J connectivity index is -0.000000131. The molecule has 0 bridgehead atoms. The van der Waals surface area contributed by atoms with E-state index in [2.05, 4.69) is 13.8 Å². The monoisotopic (exact) mass is 232 g/mol. The summed E-state index contributed by atoms with van der Waals surface area (Å²) in [5, 5.41) is 14.9. The number of unbranched alkanes of at least 4 members (excludes halogenated alkanes) is 3. The highest BCUT2D eigenvalue weighted by Crippen LogP contribution is 1.96. The molecule has 0 aromatic rings. The van der Waals surface area contributed by atoms with Gasteiger partial charge in [0.1, 0.15) is 4.84 Å². The van der Waals surface area contributed by atoms with Crippen LogP contribution >= 0.6 is 23.2 Å². The molecule has 0 spiro atoms. The smallest absolute Gasteiger partial charge is 0.130 e. The van der Waals surface area contributed by atoms with E-state index < -0.39 is 4.84 Å². The summed E-state index contributed by atoms with van der Waals surface area (Å²) in [5.74, 6) is 0. The summed E-state index contributed by atoms with van der Waals surface area (Å²) in [6, 6.07) is 0. The number of hydrogen-bond acceptors (Lipinski definition) is 2. The van der Waals surface area contributed by atoms with Crippen molar-refractivity contribution in [3.63, 3.8) is 0 Å². The molecule has 13 heavy (non-hydrogen) atoms. The van der Waals surface area contributed by atoms with Crippen molar-refractivity contribution >= 4 is 23.2 Å². The van der Waals surface area contributed by atoms with Gasteiger partial charge in [-0.15, -0.1) is 23.2 Å². The van der Waals surface area contributed by atoms with Crippen LogP contribution in [0.3, 0.4) is 0 Å². The van der Waals surface area contributed by atoms with Crippen molar-refractivity contribution in [1.82, 2.24) is 0 Å². The Labute approximate surface area is 91.9 Å². The second-order valence-electron chi connectivity index (χ2n) is 2.28. The maximum Gasteiger partial charge on any atom is 0.130 e. The van der Waals surface area contributed by atoms with Crippen LogP contribution in [-0.2, 0) is 0 Å². The third-order valence-electron chi connectivity index (χ3n) is 1.10. The van der Waals surface area contributed by atoms with Crippen molar-refractivity contribution in [2.45, 2.75) is 44.4 Å². The van der Waals surface area contributed by atoms with Gasteiger partial charge in [0.15, 0.2) is 0 Å². The third kappa shape index (κ3) is 45.6. The molecule has 0 saturated heterocycles. The number of aliphatic hydroxyl groups excluding tert-OH is 2. The van der Waals surface area contributed by atoms with Crippen molar-refractivity contribution in [2.75, 3.05) is 13.7 Å². The summed E-state index contributed by atoms with van der Waals surface area (Å²) in [4.78, 5) is -0.616. The van der Waals surface area contributed by atoms with Crippen LogP contribution in [0, 0.1) is 0 Å². The van der Waals surface area contributed by atoms with Gasteiger partial charge in [0.05, 0.1) is 6.61 Å². The summed E-state index contributed by atoms with van der Waals surface area (Å²) in [6.45, 7) is 4.30. The first-order chi connectivity index (χ1) is 6.18. The lowest BCUT2D eigenvalue weighted by Gasteiger charge is -1.86. The molecule has 2 nitrogen and oxygen atoms in total. The van der Waals surface area contributed by atoms with Crippen LogP contribution in [0.2, 0.25) is 0 Å². The van der Waals surface area contributed by atoms with Crippen LogP contribution in [0.4, 0.5) is 0 Å². The first-order valence-corrected chi connectivity index (χ1v) is 5.40. The van der Waals surface area contributed by atoms with Crippen molar-refractivity contribution in [1.29, 1.82) is 0 Å². The lowest BCUT2D eigenvalue weighted by molar-refractivity contribution is 0.313. The molecule has 2 N–H and O–H groups in total. The third-order valence-corrected chi connectivity index (χ3v) is 1.37. The molecule has 0 unspecified atom stereocenters. The molecule has 0 fully saturated rings. The molecule has 0 aromatic carbocycles. The summed E-state index contributed by atoms with van der Waals surface area (Å²) in [7, 11) is 1.00. The van der Waals surface area contributed by atoms with E-state index in [9.17, 15) is 0 Å². The largest absolute Gasteiger partial charge is 0.400 e. The zero-order chi connectivity index (χ0) is 11.1. The summed E-state index contributed by atoms with van der Waals surface area (Å²) in [6.07, 6.45) is 5.54. The van der Waals surface area contributed by atoms with Crippen LogP contribution in [0.5, 0.6) is 0 Å². The van der Waals surface area contributed by atoms with Crippen LogP contribution in [0.15, 0.2) is 0 Å². The molecule has 84 valence electrons. The molecule has 4 heteroatoms. The maximum atomic E-state index is 7.88. The summed E-state index contributed by atoms with van der Waals surface area (Å²) < 4.78 is 0. The minimum Gasteiger partial charge on any atom is -0.400 e. The minimum absolute atomic E-state index is 0.164. The zero-order valence-electron chi connectivity index (χ0n) is 8.76. The topological polar surface area (TPSA) is 40.5 Å². The van der Waals surface area contributed by atoms with Crippen LogP contribution in [0.25, 0.3) is 0 Å². The number of alkyl halides is 2. The van der Waals surface area contributed by atoms with Crippen molar-refractivity contribution in [2.24, 2.45) is 0 Å². The second kappa shape index (κ2) is 22.9. The Hall–Kier alpha value is 0.500. The molecule has 0 amide bonds. The zero-order valence-corrected chi connectivity index (χ0v) is 10.3. The Bertz CT molecular complexity index is 57.6. The molecular weight excluding hydrogens is 211 g/mol. The average Bonchev–Trinajstić information content (AvgIpc) is 2.18. The van der Waals surface area contributed by atoms with Gasteiger partial charge in [0.2, 0.25) is 0 Å². The highest BCUT2D eigenvalue weighted by Gasteiger charge is 1.88. The quantitative estimate of drug-likeness (QED) is 0.578. The van der Waals surface area contributed by atoms with Gasteiger partial charge in [-0.05, 0) is 0 Å². The number of aliphatic hydroxyl groups is 2. The fraction of sp³-hybridized carbons (Fsp3) is 1.00. The minimum atomic E-state index is -0.616. The van der Waals surface area contributed by atoms with E-state index in [1.54, 1.807) is 0 Å². The normalized spacial score (nSPS) is 8.31. The Morgan fingerprint density at radius 1 is 1.00 bits per heavy atom. The molecule has 0 saturated carbocycles. The van der Waals surface area contributed by atoms with E-state index in [1.807, 2.05) is 0 Å². The molecule has 0 aliphatic carbocycles. The van der Waals surface area contributed by atoms with Crippen molar-refractivity contribution in [3.8, 4) is 0 Å². The van der Waals surface area contributed by atoms with Crippen molar-refractivity contribution < 1.29 is 10.2 Å². The molecule has 0 rings (SSSR count). The number of rotatable bonds is 4. The molecule has 0 radical (unpaired) electrons. The van der Waals surface area contributed by atoms with E-state index in [1.165, 1.54) is 25.7 Å². The van der Waals surface area contributed by atoms with Crippen LogP contribution in [-0.4, -0.2) is 28.8 Å². The first kappa shape index (κ1) is 19.1. The van der Waals surface area contributed by atoms with E-state index in [4.69, 9.17) is 33.4 Å². The van der Waals surface area contributed by atoms with E-state index in [0.717, 1.165) is 7.11 Å². The first-order valence-electron chi connectivity index (χ1n) is 4.52. The average molecular weight is 233 g/mol.